The Hall–Kier alpha value is -2.13. The number of aromatic nitrogens is 2. The number of rotatable bonds is 6. The molecule has 0 atom stereocenters. The molecular weight excluding hydrogens is 360 g/mol. The second-order valence-electron chi connectivity index (χ2n) is 6.29. The molecule has 2 heterocycles. The van der Waals surface area contributed by atoms with Crippen molar-refractivity contribution >= 4 is 22.4 Å². The van der Waals surface area contributed by atoms with E-state index >= 15 is 0 Å². The minimum absolute atomic E-state index is 0.0529. The average molecular weight is 381 g/mol. The average Bonchev–Trinajstić information content (AvgIpc) is 3.07. The van der Waals surface area contributed by atoms with E-state index in [0.29, 0.717) is 16.7 Å². The van der Waals surface area contributed by atoms with Crippen molar-refractivity contribution in [2.24, 2.45) is 0 Å². The number of amides is 1. The lowest BCUT2D eigenvalue weighted by Gasteiger charge is -2.32. The van der Waals surface area contributed by atoms with Crippen LogP contribution in [0.5, 0.6) is 0 Å². The molecule has 1 amide bonds. The van der Waals surface area contributed by atoms with Gasteiger partial charge in [-0.15, -0.1) is 10.2 Å². The molecule has 0 saturated carbocycles. The zero-order valence-corrected chi connectivity index (χ0v) is 15.3. The quantitative estimate of drug-likeness (QED) is 0.803. The molecule has 2 N–H and O–H groups in total. The maximum absolute atomic E-state index is 13.3. The SMILES string of the molecule is CNc1nnc(CC(=O)NC2CCN(Cc3ccc(F)c(F)c3)CC2)s1. The molecule has 0 unspecified atom stereocenters. The number of piperidine rings is 1. The maximum Gasteiger partial charge on any atom is 0.227 e. The summed E-state index contributed by atoms with van der Waals surface area (Å²) in [5.74, 6) is -1.70. The van der Waals surface area contributed by atoms with Crippen LogP contribution < -0.4 is 10.6 Å². The summed E-state index contributed by atoms with van der Waals surface area (Å²) in [6.45, 7) is 2.18. The zero-order valence-electron chi connectivity index (χ0n) is 14.5. The minimum Gasteiger partial charge on any atom is -0.363 e. The molecule has 1 aromatic heterocycles. The number of hydrogen-bond acceptors (Lipinski definition) is 6. The highest BCUT2D eigenvalue weighted by Gasteiger charge is 2.21. The van der Waals surface area contributed by atoms with Crippen LogP contribution in [0.15, 0.2) is 18.2 Å². The van der Waals surface area contributed by atoms with E-state index in [1.54, 1.807) is 13.1 Å². The molecule has 1 fully saturated rings. The van der Waals surface area contributed by atoms with Crippen LogP contribution in [0.2, 0.25) is 0 Å². The molecule has 1 aliphatic rings. The highest BCUT2D eigenvalue weighted by molar-refractivity contribution is 7.15. The van der Waals surface area contributed by atoms with Crippen LogP contribution in [0.25, 0.3) is 0 Å². The fraction of sp³-hybridized carbons (Fsp3) is 0.471. The van der Waals surface area contributed by atoms with E-state index in [1.807, 2.05) is 0 Å². The Morgan fingerprint density at radius 1 is 1.27 bits per heavy atom. The standard InChI is InChI=1S/C17H21F2N5OS/c1-20-17-23-22-16(26-17)9-15(25)21-12-4-6-24(7-5-12)10-11-2-3-13(18)14(19)8-11/h2-3,8,12H,4-7,9-10H2,1H3,(H,20,23)(H,21,25). The molecule has 26 heavy (non-hydrogen) atoms. The van der Waals surface area contributed by atoms with Crippen molar-refractivity contribution in [3.05, 3.63) is 40.4 Å². The molecule has 0 bridgehead atoms. The summed E-state index contributed by atoms with van der Waals surface area (Å²) in [7, 11) is 1.76. The van der Waals surface area contributed by atoms with Crippen LogP contribution in [0.4, 0.5) is 13.9 Å². The van der Waals surface area contributed by atoms with Gasteiger partial charge in [-0.05, 0) is 30.5 Å². The van der Waals surface area contributed by atoms with Gasteiger partial charge in [0.2, 0.25) is 11.0 Å². The first-order valence-electron chi connectivity index (χ1n) is 8.49. The van der Waals surface area contributed by atoms with Crippen LogP contribution in [-0.4, -0.2) is 47.2 Å². The number of nitrogens with one attached hydrogen (secondary N) is 2. The van der Waals surface area contributed by atoms with Crippen molar-refractivity contribution in [1.29, 1.82) is 0 Å². The smallest absolute Gasteiger partial charge is 0.227 e. The first-order chi connectivity index (χ1) is 12.5. The molecule has 9 heteroatoms. The fourth-order valence-electron chi connectivity index (χ4n) is 2.97. The van der Waals surface area contributed by atoms with Gasteiger partial charge in [-0.1, -0.05) is 17.4 Å². The fourth-order valence-corrected chi connectivity index (χ4v) is 3.67. The number of benzene rings is 1. The van der Waals surface area contributed by atoms with E-state index in [1.165, 1.54) is 17.4 Å². The highest BCUT2D eigenvalue weighted by Crippen LogP contribution is 2.17. The molecular formula is C17H21F2N5OS. The van der Waals surface area contributed by atoms with E-state index in [2.05, 4.69) is 25.7 Å². The summed E-state index contributed by atoms with van der Waals surface area (Å²) >= 11 is 1.37. The molecule has 2 aromatic rings. The largest absolute Gasteiger partial charge is 0.363 e. The third-order valence-electron chi connectivity index (χ3n) is 4.34. The molecule has 140 valence electrons. The Kier molecular flexibility index (Phi) is 6.10. The lowest BCUT2D eigenvalue weighted by molar-refractivity contribution is -0.121. The van der Waals surface area contributed by atoms with Gasteiger partial charge >= 0.3 is 0 Å². The van der Waals surface area contributed by atoms with E-state index in [0.717, 1.165) is 37.6 Å². The van der Waals surface area contributed by atoms with Gasteiger partial charge in [0.25, 0.3) is 0 Å². The molecule has 1 aliphatic heterocycles. The summed E-state index contributed by atoms with van der Waals surface area (Å²) in [4.78, 5) is 14.3. The van der Waals surface area contributed by atoms with Crippen molar-refractivity contribution in [2.75, 3.05) is 25.5 Å². The Bertz CT molecular complexity index is 761. The molecule has 1 aromatic carbocycles. The van der Waals surface area contributed by atoms with Crippen LogP contribution >= 0.6 is 11.3 Å². The summed E-state index contributed by atoms with van der Waals surface area (Å²) in [5.41, 5.74) is 0.753. The highest BCUT2D eigenvalue weighted by atomic mass is 32.1. The molecule has 3 rings (SSSR count). The van der Waals surface area contributed by atoms with Crippen molar-refractivity contribution < 1.29 is 13.6 Å². The second kappa shape index (κ2) is 8.50. The van der Waals surface area contributed by atoms with Gasteiger partial charge < -0.3 is 10.6 Å². The third-order valence-corrected chi connectivity index (χ3v) is 5.28. The number of likely N-dealkylation sites (tertiary alicyclic amines) is 1. The van der Waals surface area contributed by atoms with Gasteiger partial charge in [0.15, 0.2) is 11.6 Å². The van der Waals surface area contributed by atoms with Gasteiger partial charge in [0.1, 0.15) is 5.01 Å². The Morgan fingerprint density at radius 3 is 2.69 bits per heavy atom. The first kappa shape index (κ1) is 18.7. The second-order valence-corrected chi connectivity index (χ2v) is 7.36. The van der Waals surface area contributed by atoms with Gasteiger partial charge in [0, 0.05) is 32.7 Å². The van der Waals surface area contributed by atoms with Crippen LogP contribution in [0.1, 0.15) is 23.4 Å². The summed E-state index contributed by atoms with van der Waals surface area (Å²) in [6.07, 6.45) is 1.88. The molecule has 1 saturated heterocycles. The van der Waals surface area contributed by atoms with Crippen molar-refractivity contribution in [3.8, 4) is 0 Å². The number of halogens is 2. The topological polar surface area (TPSA) is 70.1 Å². The predicted molar refractivity (Wildman–Crippen MR) is 96.0 cm³/mol. The third kappa shape index (κ3) is 4.95. The first-order valence-corrected chi connectivity index (χ1v) is 9.31. The predicted octanol–water partition coefficient (Wildman–Crippen LogP) is 2.18. The summed E-state index contributed by atoms with van der Waals surface area (Å²) < 4.78 is 26.3. The van der Waals surface area contributed by atoms with Crippen LogP contribution in [0, 0.1) is 11.6 Å². The molecule has 6 nitrogen and oxygen atoms in total. The summed E-state index contributed by atoms with van der Waals surface area (Å²) in [6, 6.07) is 4.13. The van der Waals surface area contributed by atoms with Gasteiger partial charge in [-0.25, -0.2) is 8.78 Å². The number of carbonyl (C=O) groups is 1. The number of nitrogens with zero attached hydrogens (tertiary/aromatic N) is 3. The normalized spacial score (nSPS) is 15.8. The van der Waals surface area contributed by atoms with Gasteiger partial charge in [-0.3, -0.25) is 9.69 Å². The van der Waals surface area contributed by atoms with E-state index < -0.39 is 11.6 Å². The molecule has 0 radical (unpaired) electrons. The monoisotopic (exact) mass is 381 g/mol. The van der Waals surface area contributed by atoms with Gasteiger partial charge in [0.05, 0.1) is 6.42 Å². The van der Waals surface area contributed by atoms with E-state index in [4.69, 9.17) is 0 Å². The Balaban J connectivity index is 1.43. The maximum atomic E-state index is 13.3. The number of anilines is 1. The van der Waals surface area contributed by atoms with E-state index in [-0.39, 0.29) is 18.4 Å². The lowest BCUT2D eigenvalue weighted by Crippen LogP contribution is -2.44. The lowest BCUT2D eigenvalue weighted by atomic mass is 10.0. The van der Waals surface area contributed by atoms with Crippen LogP contribution in [0.3, 0.4) is 0 Å². The van der Waals surface area contributed by atoms with Gasteiger partial charge in [-0.2, -0.15) is 0 Å². The van der Waals surface area contributed by atoms with Crippen molar-refractivity contribution in [1.82, 2.24) is 20.4 Å². The van der Waals surface area contributed by atoms with Crippen molar-refractivity contribution in [2.45, 2.75) is 31.8 Å². The minimum atomic E-state index is -0.826. The van der Waals surface area contributed by atoms with Crippen LogP contribution in [-0.2, 0) is 17.8 Å². The molecule has 0 spiro atoms. The summed E-state index contributed by atoms with van der Waals surface area (Å²) in [5, 5.41) is 15.2. The number of hydrogen-bond donors (Lipinski definition) is 2. The Morgan fingerprint density at radius 2 is 2.04 bits per heavy atom. The molecule has 0 aliphatic carbocycles. The Labute approximate surface area is 154 Å². The zero-order chi connectivity index (χ0) is 18.5. The number of carbonyl (C=O) groups excluding carboxylic acids is 1. The van der Waals surface area contributed by atoms with Crippen molar-refractivity contribution in [3.63, 3.8) is 0 Å². The van der Waals surface area contributed by atoms with E-state index in [9.17, 15) is 13.6 Å².